The number of methoxy groups -OCH3 is 2. The van der Waals surface area contributed by atoms with Crippen molar-refractivity contribution >= 4 is 23.3 Å². The van der Waals surface area contributed by atoms with Gasteiger partial charge in [0.15, 0.2) is 11.5 Å². The molecule has 142 valence electrons. The van der Waals surface area contributed by atoms with E-state index in [1.54, 1.807) is 44.4 Å². The van der Waals surface area contributed by atoms with Crippen LogP contribution in [0.5, 0.6) is 11.5 Å². The predicted molar refractivity (Wildman–Crippen MR) is 104 cm³/mol. The zero-order valence-corrected chi connectivity index (χ0v) is 15.6. The third-order valence-electron chi connectivity index (χ3n) is 4.58. The second kappa shape index (κ2) is 7.99. The molecule has 1 aliphatic heterocycles. The quantitative estimate of drug-likeness (QED) is 0.880. The van der Waals surface area contributed by atoms with Crippen LogP contribution in [0.3, 0.4) is 0 Å². The average Bonchev–Trinajstić information content (AvgIpc) is 3.07. The first-order chi connectivity index (χ1) is 13.0. The average molecular weight is 369 g/mol. The minimum Gasteiger partial charge on any atom is -0.493 e. The number of rotatable bonds is 5. The van der Waals surface area contributed by atoms with Gasteiger partial charge >= 0.3 is 6.03 Å². The molecule has 1 unspecified atom stereocenters. The summed E-state index contributed by atoms with van der Waals surface area (Å²) >= 11 is 0. The molecule has 3 amide bonds. The summed E-state index contributed by atoms with van der Waals surface area (Å²) in [7, 11) is 4.82. The first-order valence-corrected chi connectivity index (χ1v) is 8.65. The number of nitrogens with one attached hydrogen (secondary N) is 1. The summed E-state index contributed by atoms with van der Waals surface area (Å²) in [6.07, 6.45) is 0.253. The summed E-state index contributed by atoms with van der Waals surface area (Å²) < 4.78 is 10.5. The Kier molecular flexibility index (Phi) is 5.49. The number of carbonyl (C=O) groups excluding carboxylic acids is 2. The Morgan fingerprint density at radius 3 is 2.48 bits per heavy atom. The van der Waals surface area contributed by atoms with E-state index in [0.717, 1.165) is 5.69 Å². The molecule has 27 heavy (non-hydrogen) atoms. The van der Waals surface area contributed by atoms with Crippen LogP contribution < -0.4 is 24.6 Å². The summed E-state index contributed by atoms with van der Waals surface area (Å²) in [6.45, 7) is 0.405. The number of ether oxygens (including phenoxy) is 2. The van der Waals surface area contributed by atoms with Crippen molar-refractivity contribution in [3.8, 4) is 11.5 Å². The Hall–Kier alpha value is -3.22. The molecule has 1 N–H and O–H groups in total. The van der Waals surface area contributed by atoms with Crippen LogP contribution in [-0.4, -0.2) is 45.8 Å². The second-order valence-corrected chi connectivity index (χ2v) is 6.29. The number of anilines is 2. The fourth-order valence-corrected chi connectivity index (χ4v) is 3.09. The van der Waals surface area contributed by atoms with Crippen molar-refractivity contribution in [2.75, 3.05) is 37.6 Å². The number of urea groups is 1. The highest BCUT2D eigenvalue weighted by atomic mass is 16.5. The summed E-state index contributed by atoms with van der Waals surface area (Å²) in [5, 5.41) is 2.93. The highest BCUT2D eigenvalue weighted by Crippen LogP contribution is 2.33. The normalized spacial score (nSPS) is 16.2. The first-order valence-electron chi connectivity index (χ1n) is 8.65. The van der Waals surface area contributed by atoms with Gasteiger partial charge in [0.1, 0.15) is 0 Å². The van der Waals surface area contributed by atoms with Crippen LogP contribution in [0.4, 0.5) is 16.2 Å². The molecule has 3 rings (SSSR count). The largest absolute Gasteiger partial charge is 0.493 e. The van der Waals surface area contributed by atoms with E-state index in [-0.39, 0.29) is 24.4 Å². The molecule has 7 heteroatoms. The molecule has 2 aromatic rings. The number of amides is 3. The molecule has 1 fully saturated rings. The van der Waals surface area contributed by atoms with Gasteiger partial charge in [0.25, 0.3) is 0 Å². The van der Waals surface area contributed by atoms with E-state index in [0.29, 0.717) is 23.7 Å². The van der Waals surface area contributed by atoms with Gasteiger partial charge in [0.05, 0.1) is 20.3 Å². The predicted octanol–water partition coefficient (Wildman–Crippen LogP) is 2.66. The monoisotopic (exact) mass is 369 g/mol. The number of hydrogen-bond donors (Lipinski definition) is 1. The Labute approximate surface area is 158 Å². The molecule has 7 nitrogen and oxygen atoms in total. The lowest BCUT2D eigenvalue weighted by molar-refractivity contribution is -0.117. The van der Waals surface area contributed by atoms with Gasteiger partial charge in [-0.3, -0.25) is 9.69 Å². The summed E-state index contributed by atoms with van der Waals surface area (Å²) in [5.74, 6) is 1.11. The molecule has 0 bridgehead atoms. The highest BCUT2D eigenvalue weighted by Gasteiger charge is 2.32. The van der Waals surface area contributed by atoms with E-state index in [1.165, 1.54) is 4.90 Å². The van der Waals surface area contributed by atoms with E-state index in [4.69, 9.17) is 9.47 Å². The zero-order valence-electron chi connectivity index (χ0n) is 15.6. The summed E-state index contributed by atoms with van der Waals surface area (Å²) in [5.41, 5.74) is 1.50. The topological polar surface area (TPSA) is 71.1 Å². The molecule has 1 aliphatic rings. The SMILES string of the molecule is COc1ccc(N2CC(NC(=O)N(C)c3ccccc3)CC2=O)cc1OC. The third kappa shape index (κ3) is 3.97. The number of nitrogens with zero attached hydrogens (tertiary/aromatic N) is 2. The van der Waals surface area contributed by atoms with Gasteiger partial charge < -0.3 is 19.7 Å². The molecular weight excluding hydrogens is 346 g/mol. The van der Waals surface area contributed by atoms with Crippen LogP contribution in [0, 0.1) is 0 Å². The maximum Gasteiger partial charge on any atom is 0.321 e. The maximum absolute atomic E-state index is 12.5. The molecule has 1 heterocycles. The lowest BCUT2D eigenvalue weighted by Gasteiger charge is -2.22. The van der Waals surface area contributed by atoms with E-state index < -0.39 is 0 Å². The van der Waals surface area contributed by atoms with Crippen LogP contribution >= 0.6 is 0 Å². The van der Waals surface area contributed by atoms with Gasteiger partial charge in [0.2, 0.25) is 5.91 Å². The van der Waals surface area contributed by atoms with Gasteiger partial charge in [-0.15, -0.1) is 0 Å². The number of benzene rings is 2. The first kappa shape index (κ1) is 18.6. The Bertz CT molecular complexity index is 825. The van der Waals surface area contributed by atoms with Gasteiger partial charge in [0, 0.05) is 37.5 Å². The molecule has 1 saturated heterocycles. The van der Waals surface area contributed by atoms with Gasteiger partial charge in [-0.05, 0) is 24.3 Å². The van der Waals surface area contributed by atoms with Crippen LogP contribution in [0.25, 0.3) is 0 Å². The molecule has 2 aromatic carbocycles. The highest BCUT2D eigenvalue weighted by molar-refractivity contribution is 5.98. The zero-order chi connectivity index (χ0) is 19.4. The van der Waals surface area contributed by atoms with Crippen molar-refractivity contribution in [2.45, 2.75) is 12.5 Å². The molecular formula is C20H23N3O4. The molecule has 0 aliphatic carbocycles. The molecule has 0 spiro atoms. The van der Waals surface area contributed by atoms with Gasteiger partial charge in [-0.2, -0.15) is 0 Å². The van der Waals surface area contributed by atoms with Crippen molar-refractivity contribution < 1.29 is 19.1 Å². The van der Waals surface area contributed by atoms with Gasteiger partial charge in [-0.1, -0.05) is 18.2 Å². The van der Waals surface area contributed by atoms with Gasteiger partial charge in [-0.25, -0.2) is 4.79 Å². The van der Waals surface area contributed by atoms with E-state index in [2.05, 4.69) is 5.32 Å². The standard InChI is InChI=1S/C20H23N3O4/c1-22(15-7-5-4-6-8-15)20(25)21-14-11-19(24)23(13-14)16-9-10-17(26-2)18(12-16)27-3/h4-10,12,14H,11,13H2,1-3H3,(H,21,25). The smallest absolute Gasteiger partial charge is 0.321 e. The Morgan fingerprint density at radius 2 is 1.81 bits per heavy atom. The molecule has 0 aromatic heterocycles. The number of carbonyl (C=O) groups is 2. The molecule has 0 saturated carbocycles. The van der Waals surface area contributed by atoms with Crippen molar-refractivity contribution in [3.63, 3.8) is 0 Å². The van der Waals surface area contributed by atoms with Crippen LogP contribution in [0.15, 0.2) is 48.5 Å². The minimum atomic E-state index is -0.260. The fraction of sp³-hybridized carbons (Fsp3) is 0.300. The second-order valence-electron chi connectivity index (χ2n) is 6.29. The molecule has 1 atom stereocenters. The number of para-hydroxylation sites is 1. The van der Waals surface area contributed by atoms with Crippen molar-refractivity contribution in [1.29, 1.82) is 0 Å². The summed E-state index contributed by atoms with van der Waals surface area (Å²) in [4.78, 5) is 28.1. The Balaban J connectivity index is 1.68. The minimum absolute atomic E-state index is 0.0464. The summed E-state index contributed by atoms with van der Waals surface area (Å²) in [6, 6.07) is 14.2. The fourth-order valence-electron chi connectivity index (χ4n) is 3.09. The maximum atomic E-state index is 12.5. The van der Waals surface area contributed by atoms with Crippen molar-refractivity contribution in [3.05, 3.63) is 48.5 Å². The van der Waals surface area contributed by atoms with E-state index in [9.17, 15) is 9.59 Å². The van der Waals surface area contributed by atoms with E-state index in [1.807, 2.05) is 30.3 Å². The third-order valence-corrected chi connectivity index (χ3v) is 4.58. The van der Waals surface area contributed by atoms with Crippen LogP contribution in [0.2, 0.25) is 0 Å². The lowest BCUT2D eigenvalue weighted by Crippen LogP contribution is -2.44. The van der Waals surface area contributed by atoms with Crippen molar-refractivity contribution in [2.24, 2.45) is 0 Å². The lowest BCUT2D eigenvalue weighted by atomic mass is 10.2. The van der Waals surface area contributed by atoms with Crippen molar-refractivity contribution in [1.82, 2.24) is 5.32 Å². The molecule has 0 radical (unpaired) electrons. The Morgan fingerprint density at radius 1 is 1.11 bits per heavy atom. The van der Waals surface area contributed by atoms with E-state index >= 15 is 0 Å². The number of hydrogen-bond acceptors (Lipinski definition) is 4. The van der Waals surface area contributed by atoms with Crippen LogP contribution in [-0.2, 0) is 4.79 Å². The van der Waals surface area contributed by atoms with Crippen LogP contribution in [0.1, 0.15) is 6.42 Å².